The molecule has 0 spiro atoms. The molecule has 0 fully saturated rings. The van der Waals surface area contributed by atoms with E-state index in [0.717, 1.165) is 5.75 Å². The van der Waals surface area contributed by atoms with Gasteiger partial charge in [-0.1, -0.05) is 0 Å². The van der Waals surface area contributed by atoms with E-state index in [2.05, 4.69) is 10.9 Å². The molecular weight excluding hydrogens is 348 g/mol. The maximum absolute atomic E-state index is 12.1. The number of carbonyl (C=O) groups excluding carboxylic acids is 2. The van der Waals surface area contributed by atoms with E-state index in [0.29, 0.717) is 30.3 Å². The molecule has 144 valence electrons. The number of ether oxygens (including phenoxy) is 3. The van der Waals surface area contributed by atoms with Crippen LogP contribution in [0.2, 0.25) is 0 Å². The van der Waals surface area contributed by atoms with Gasteiger partial charge in [-0.25, -0.2) is 0 Å². The molecule has 0 radical (unpaired) electrons. The molecule has 0 saturated heterocycles. The minimum Gasteiger partial charge on any atom is -0.494 e. The Labute approximate surface area is 158 Å². The first-order chi connectivity index (χ1) is 13.0. The van der Waals surface area contributed by atoms with E-state index in [1.54, 1.807) is 55.5 Å². The van der Waals surface area contributed by atoms with Gasteiger partial charge in [0.2, 0.25) is 0 Å². The van der Waals surface area contributed by atoms with E-state index in [4.69, 9.17) is 14.2 Å². The van der Waals surface area contributed by atoms with E-state index in [-0.39, 0.29) is 0 Å². The number of hydrogen-bond donors (Lipinski definition) is 2. The van der Waals surface area contributed by atoms with Crippen molar-refractivity contribution in [1.82, 2.24) is 10.9 Å². The van der Waals surface area contributed by atoms with Gasteiger partial charge in [0.1, 0.15) is 17.2 Å². The van der Waals surface area contributed by atoms with Crippen LogP contribution in [-0.4, -0.2) is 31.1 Å². The van der Waals surface area contributed by atoms with Crippen LogP contribution in [0.5, 0.6) is 17.2 Å². The summed E-state index contributed by atoms with van der Waals surface area (Å²) in [5.74, 6) is 1.03. The predicted molar refractivity (Wildman–Crippen MR) is 101 cm³/mol. The Morgan fingerprint density at radius 2 is 1.30 bits per heavy atom. The van der Waals surface area contributed by atoms with Crippen LogP contribution < -0.4 is 25.1 Å². The zero-order valence-corrected chi connectivity index (χ0v) is 15.7. The molecule has 2 aromatic rings. The van der Waals surface area contributed by atoms with Crippen LogP contribution in [-0.2, 0) is 4.79 Å². The van der Waals surface area contributed by atoms with Gasteiger partial charge in [0.15, 0.2) is 6.10 Å². The third kappa shape index (κ3) is 6.22. The second-order valence-corrected chi connectivity index (χ2v) is 5.57. The topological polar surface area (TPSA) is 85.9 Å². The SMILES string of the molecule is CCOc1ccc(OC(C)C(=O)NNC(=O)c2ccc(OCC)cc2)cc1. The van der Waals surface area contributed by atoms with Crippen molar-refractivity contribution in [3.63, 3.8) is 0 Å². The largest absolute Gasteiger partial charge is 0.494 e. The molecule has 0 bridgehead atoms. The van der Waals surface area contributed by atoms with E-state index < -0.39 is 17.9 Å². The molecule has 2 amide bonds. The lowest BCUT2D eigenvalue weighted by atomic mass is 10.2. The second-order valence-electron chi connectivity index (χ2n) is 5.57. The van der Waals surface area contributed by atoms with Gasteiger partial charge in [0.25, 0.3) is 11.8 Å². The Morgan fingerprint density at radius 3 is 1.81 bits per heavy atom. The number of benzene rings is 2. The first kappa shape index (κ1) is 20.1. The molecule has 0 aliphatic carbocycles. The quantitative estimate of drug-likeness (QED) is 0.696. The van der Waals surface area contributed by atoms with Crippen molar-refractivity contribution in [2.24, 2.45) is 0 Å². The maximum atomic E-state index is 12.1. The van der Waals surface area contributed by atoms with Crippen molar-refractivity contribution in [2.45, 2.75) is 26.9 Å². The summed E-state index contributed by atoms with van der Waals surface area (Å²) in [6.07, 6.45) is -0.788. The molecule has 0 aliphatic rings. The summed E-state index contributed by atoms with van der Waals surface area (Å²) < 4.78 is 16.2. The van der Waals surface area contributed by atoms with Crippen molar-refractivity contribution in [3.8, 4) is 17.2 Å². The van der Waals surface area contributed by atoms with Crippen LogP contribution >= 0.6 is 0 Å². The van der Waals surface area contributed by atoms with Crippen LogP contribution in [0.15, 0.2) is 48.5 Å². The predicted octanol–water partition coefficient (Wildman–Crippen LogP) is 2.71. The van der Waals surface area contributed by atoms with Gasteiger partial charge in [-0.15, -0.1) is 0 Å². The Balaban J connectivity index is 1.82. The normalized spacial score (nSPS) is 11.2. The fourth-order valence-corrected chi connectivity index (χ4v) is 2.20. The Morgan fingerprint density at radius 1 is 0.815 bits per heavy atom. The fourth-order valence-electron chi connectivity index (χ4n) is 2.20. The van der Waals surface area contributed by atoms with Crippen molar-refractivity contribution >= 4 is 11.8 Å². The summed E-state index contributed by atoms with van der Waals surface area (Å²) in [6, 6.07) is 13.6. The Hall–Kier alpha value is -3.22. The van der Waals surface area contributed by atoms with E-state index >= 15 is 0 Å². The van der Waals surface area contributed by atoms with Gasteiger partial charge in [0.05, 0.1) is 13.2 Å². The number of nitrogens with one attached hydrogen (secondary N) is 2. The zero-order valence-electron chi connectivity index (χ0n) is 15.7. The summed E-state index contributed by atoms with van der Waals surface area (Å²) in [7, 11) is 0. The molecule has 0 aromatic heterocycles. The van der Waals surface area contributed by atoms with Gasteiger partial charge in [-0.2, -0.15) is 0 Å². The lowest BCUT2D eigenvalue weighted by Gasteiger charge is -2.15. The summed E-state index contributed by atoms with van der Waals surface area (Å²) in [5.41, 5.74) is 5.12. The Kier molecular flexibility index (Phi) is 7.49. The monoisotopic (exact) mass is 372 g/mol. The molecule has 1 unspecified atom stereocenters. The van der Waals surface area contributed by atoms with Gasteiger partial charge in [0, 0.05) is 5.56 Å². The average Bonchev–Trinajstić information content (AvgIpc) is 2.68. The van der Waals surface area contributed by atoms with Crippen molar-refractivity contribution in [1.29, 1.82) is 0 Å². The van der Waals surface area contributed by atoms with Crippen LogP contribution in [0.25, 0.3) is 0 Å². The fraction of sp³-hybridized carbons (Fsp3) is 0.300. The highest BCUT2D eigenvalue weighted by atomic mass is 16.5. The molecule has 27 heavy (non-hydrogen) atoms. The summed E-state index contributed by atoms with van der Waals surface area (Å²) >= 11 is 0. The summed E-state index contributed by atoms with van der Waals surface area (Å²) in [6.45, 7) is 6.50. The van der Waals surface area contributed by atoms with E-state index in [1.165, 1.54) is 0 Å². The highest BCUT2D eigenvalue weighted by Gasteiger charge is 2.16. The molecule has 7 heteroatoms. The first-order valence-corrected chi connectivity index (χ1v) is 8.76. The van der Waals surface area contributed by atoms with Crippen LogP contribution in [0.1, 0.15) is 31.1 Å². The van der Waals surface area contributed by atoms with E-state index in [9.17, 15) is 9.59 Å². The Bertz CT molecular complexity index is 744. The zero-order chi connectivity index (χ0) is 19.6. The first-order valence-electron chi connectivity index (χ1n) is 8.76. The van der Waals surface area contributed by atoms with Gasteiger partial charge in [-0.05, 0) is 69.3 Å². The highest BCUT2D eigenvalue weighted by Crippen LogP contribution is 2.18. The second kappa shape index (κ2) is 10.1. The van der Waals surface area contributed by atoms with Crippen LogP contribution in [0.4, 0.5) is 0 Å². The van der Waals surface area contributed by atoms with Crippen LogP contribution in [0, 0.1) is 0 Å². The minimum absolute atomic E-state index is 0.402. The van der Waals surface area contributed by atoms with Gasteiger partial charge in [-0.3, -0.25) is 20.4 Å². The highest BCUT2D eigenvalue weighted by molar-refractivity contribution is 5.95. The summed E-state index contributed by atoms with van der Waals surface area (Å²) in [5, 5.41) is 0. The third-order valence-electron chi connectivity index (χ3n) is 3.54. The number of hydrazine groups is 1. The maximum Gasteiger partial charge on any atom is 0.279 e. The number of amides is 2. The molecule has 2 rings (SSSR count). The van der Waals surface area contributed by atoms with Crippen molar-refractivity contribution in [2.75, 3.05) is 13.2 Å². The summed E-state index contributed by atoms with van der Waals surface area (Å²) in [4.78, 5) is 24.2. The molecule has 2 N–H and O–H groups in total. The lowest BCUT2D eigenvalue weighted by Crippen LogP contribution is -2.47. The third-order valence-corrected chi connectivity index (χ3v) is 3.54. The molecule has 0 aliphatic heterocycles. The molecule has 7 nitrogen and oxygen atoms in total. The molecule has 0 saturated carbocycles. The van der Waals surface area contributed by atoms with Gasteiger partial charge >= 0.3 is 0 Å². The van der Waals surface area contributed by atoms with Crippen molar-refractivity contribution in [3.05, 3.63) is 54.1 Å². The van der Waals surface area contributed by atoms with Crippen molar-refractivity contribution < 1.29 is 23.8 Å². The molecule has 2 aromatic carbocycles. The number of hydrogen-bond acceptors (Lipinski definition) is 5. The molecule has 1 atom stereocenters. The molecule has 0 heterocycles. The number of carbonyl (C=O) groups is 2. The van der Waals surface area contributed by atoms with E-state index in [1.807, 2.05) is 13.8 Å². The minimum atomic E-state index is -0.788. The average molecular weight is 372 g/mol. The molecular formula is C20H24N2O5. The lowest BCUT2D eigenvalue weighted by molar-refractivity contribution is -0.128. The van der Waals surface area contributed by atoms with Crippen LogP contribution in [0.3, 0.4) is 0 Å². The standard InChI is InChI=1S/C20H24N2O5/c1-4-25-16-8-6-15(7-9-16)20(24)22-21-19(23)14(3)27-18-12-10-17(11-13-18)26-5-2/h6-14H,4-5H2,1-3H3,(H,21,23)(H,22,24). The van der Waals surface area contributed by atoms with Gasteiger partial charge < -0.3 is 14.2 Å². The smallest absolute Gasteiger partial charge is 0.279 e. The number of rotatable bonds is 8.